The van der Waals surface area contributed by atoms with Gasteiger partial charge < -0.3 is 5.73 Å². The third kappa shape index (κ3) is 2.49. The van der Waals surface area contributed by atoms with E-state index in [1.165, 1.54) is 6.33 Å². The van der Waals surface area contributed by atoms with Crippen molar-refractivity contribution >= 4 is 0 Å². The number of nitriles is 1. The van der Waals surface area contributed by atoms with Gasteiger partial charge in [-0.05, 0) is 5.56 Å². The zero-order valence-electron chi connectivity index (χ0n) is 9.32. The number of nitrogens with zero attached hydrogens (tertiary/aromatic N) is 4. The maximum absolute atomic E-state index is 9.25. The lowest BCUT2D eigenvalue weighted by Crippen LogP contribution is -2.36. The molecule has 5 heteroatoms. The molecule has 0 saturated carbocycles. The molecule has 0 bridgehead atoms. The standard InChI is InChI=1S/C12H13N5/c13-8-12(14,11-4-2-1-3-5-11)6-7-17-10-15-9-16-17/h1-5,9-10H,6-7,14H2. The van der Waals surface area contributed by atoms with E-state index in [4.69, 9.17) is 5.73 Å². The van der Waals surface area contributed by atoms with Crippen LogP contribution in [0.25, 0.3) is 0 Å². The number of rotatable bonds is 4. The highest BCUT2D eigenvalue weighted by atomic mass is 15.3. The Morgan fingerprint density at radius 3 is 2.71 bits per heavy atom. The summed E-state index contributed by atoms with van der Waals surface area (Å²) in [4.78, 5) is 3.85. The first-order valence-electron chi connectivity index (χ1n) is 5.33. The molecule has 5 nitrogen and oxygen atoms in total. The Morgan fingerprint density at radius 2 is 2.12 bits per heavy atom. The first kappa shape index (κ1) is 11.3. The van der Waals surface area contributed by atoms with Crippen LogP contribution in [0.2, 0.25) is 0 Å². The van der Waals surface area contributed by atoms with E-state index in [0.717, 1.165) is 5.56 Å². The smallest absolute Gasteiger partial charge is 0.137 e. The molecule has 0 aliphatic heterocycles. The van der Waals surface area contributed by atoms with Crippen molar-refractivity contribution in [3.05, 3.63) is 48.5 Å². The summed E-state index contributed by atoms with van der Waals surface area (Å²) in [5.41, 5.74) is 5.96. The molecule has 1 aromatic carbocycles. The van der Waals surface area contributed by atoms with Gasteiger partial charge in [-0.25, -0.2) is 4.98 Å². The molecule has 1 atom stereocenters. The van der Waals surface area contributed by atoms with Crippen LogP contribution in [0.1, 0.15) is 12.0 Å². The number of aryl methyl sites for hydroxylation is 1. The summed E-state index contributed by atoms with van der Waals surface area (Å²) in [7, 11) is 0. The molecule has 0 aliphatic carbocycles. The third-order valence-electron chi connectivity index (χ3n) is 2.69. The third-order valence-corrected chi connectivity index (χ3v) is 2.69. The second-order valence-corrected chi connectivity index (χ2v) is 3.86. The lowest BCUT2D eigenvalue weighted by atomic mass is 9.89. The highest BCUT2D eigenvalue weighted by Gasteiger charge is 2.26. The van der Waals surface area contributed by atoms with E-state index < -0.39 is 5.54 Å². The summed E-state index contributed by atoms with van der Waals surface area (Å²) in [6, 6.07) is 11.6. The molecule has 1 heterocycles. The number of aromatic nitrogens is 3. The fourth-order valence-corrected chi connectivity index (χ4v) is 1.64. The monoisotopic (exact) mass is 227 g/mol. The van der Waals surface area contributed by atoms with E-state index >= 15 is 0 Å². The molecule has 2 aromatic rings. The molecule has 1 unspecified atom stereocenters. The minimum absolute atomic E-state index is 0.497. The quantitative estimate of drug-likeness (QED) is 0.846. The largest absolute Gasteiger partial charge is 0.310 e. The Kier molecular flexibility index (Phi) is 3.17. The minimum Gasteiger partial charge on any atom is -0.310 e. The fourth-order valence-electron chi connectivity index (χ4n) is 1.64. The first-order valence-corrected chi connectivity index (χ1v) is 5.33. The number of benzene rings is 1. The maximum Gasteiger partial charge on any atom is 0.137 e. The summed E-state index contributed by atoms with van der Waals surface area (Å²) < 4.78 is 1.67. The average molecular weight is 227 g/mol. The van der Waals surface area contributed by atoms with Gasteiger partial charge in [-0.1, -0.05) is 30.3 Å². The second kappa shape index (κ2) is 4.76. The van der Waals surface area contributed by atoms with Gasteiger partial charge >= 0.3 is 0 Å². The first-order chi connectivity index (χ1) is 8.24. The SMILES string of the molecule is N#CC(N)(CCn1cncn1)c1ccccc1. The van der Waals surface area contributed by atoms with Crippen molar-refractivity contribution in [1.29, 1.82) is 5.26 Å². The molecular formula is C12H13N5. The Labute approximate surface area is 99.5 Å². The summed E-state index contributed by atoms with van der Waals surface area (Å²) in [6.45, 7) is 0.568. The van der Waals surface area contributed by atoms with Crippen LogP contribution in [0.4, 0.5) is 0 Å². The van der Waals surface area contributed by atoms with Crippen LogP contribution in [0, 0.1) is 11.3 Å². The van der Waals surface area contributed by atoms with E-state index in [0.29, 0.717) is 13.0 Å². The van der Waals surface area contributed by atoms with Crippen molar-refractivity contribution in [3.8, 4) is 6.07 Å². The topological polar surface area (TPSA) is 80.5 Å². The molecule has 2 rings (SSSR count). The van der Waals surface area contributed by atoms with E-state index in [2.05, 4.69) is 16.2 Å². The summed E-state index contributed by atoms with van der Waals surface area (Å²) >= 11 is 0. The van der Waals surface area contributed by atoms with Crippen molar-refractivity contribution in [2.45, 2.75) is 18.5 Å². The zero-order valence-corrected chi connectivity index (χ0v) is 9.32. The van der Waals surface area contributed by atoms with Crippen LogP contribution < -0.4 is 5.73 Å². The summed E-state index contributed by atoms with van der Waals surface area (Å²) in [5.74, 6) is 0. The molecule has 1 aromatic heterocycles. The fraction of sp³-hybridized carbons (Fsp3) is 0.250. The van der Waals surface area contributed by atoms with E-state index in [1.54, 1.807) is 11.0 Å². The maximum atomic E-state index is 9.25. The molecular weight excluding hydrogens is 214 g/mol. The van der Waals surface area contributed by atoms with Crippen molar-refractivity contribution in [1.82, 2.24) is 14.8 Å². The van der Waals surface area contributed by atoms with E-state index in [9.17, 15) is 5.26 Å². The van der Waals surface area contributed by atoms with Crippen molar-refractivity contribution in [2.75, 3.05) is 0 Å². The minimum atomic E-state index is -0.979. The van der Waals surface area contributed by atoms with Gasteiger partial charge in [0.05, 0.1) is 6.07 Å². The lowest BCUT2D eigenvalue weighted by molar-refractivity contribution is 0.451. The van der Waals surface area contributed by atoms with Gasteiger partial charge in [0.1, 0.15) is 18.2 Å². The molecule has 0 radical (unpaired) electrons. The van der Waals surface area contributed by atoms with Crippen LogP contribution in [0.15, 0.2) is 43.0 Å². The van der Waals surface area contributed by atoms with Crippen LogP contribution >= 0.6 is 0 Å². The summed E-state index contributed by atoms with van der Waals surface area (Å²) in [5, 5.41) is 13.2. The highest BCUT2D eigenvalue weighted by molar-refractivity contribution is 5.30. The molecule has 2 N–H and O–H groups in total. The predicted octanol–water partition coefficient (Wildman–Crippen LogP) is 1.05. The predicted molar refractivity (Wildman–Crippen MR) is 62.6 cm³/mol. The Balaban J connectivity index is 2.13. The molecule has 17 heavy (non-hydrogen) atoms. The van der Waals surface area contributed by atoms with Gasteiger partial charge in [-0.3, -0.25) is 4.68 Å². The molecule has 0 fully saturated rings. The van der Waals surface area contributed by atoms with E-state index in [-0.39, 0.29) is 0 Å². The summed E-state index contributed by atoms with van der Waals surface area (Å²) in [6.07, 6.45) is 3.58. The Hall–Kier alpha value is -2.19. The lowest BCUT2D eigenvalue weighted by Gasteiger charge is -2.21. The number of nitrogens with two attached hydrogens (primary N) is 1. The zero-order chi connectivity index (χ0) is 12.1. The normalized spacial score (nSPS) is 13.9. The Bertz CT molecular complexity index is 499. The van der Waals surface area contributed by atoms with Crippen molar-refractivity contribution < 1.29 is 0 Å². The Morgan fingerprint density at radius 1 is 1.35 bits per heavy atom. The highest BCUT2D eigenvalue weighted by Crippen LogP contribution is 2.21. The van der Waals surface area contributed by atoms with Crippen LogP contribution in [-0.2, 0) is 12.1 Å². The van der Waals surface area contributed by atoms with E-state index in [1.807, 2.05) is 30.3 Å². The van der Waals surface area contributed by atoms with Gasteiger partial charge in [-0.15, -0.1) is 0 Å². The number of hydrogen-bond acceptors (Lipinski definition) is 4. The molecule has 0 aliphatic rings. The average Bonchev–Trinajstić information content (AvgIpc) is 2.90. The van der Waals surface area contributed by atoms with Gasteiger partial charge in [0, 0.05) is 13.0 Å². The van der Waals surface area contributed by atoms with Gasteiger partial charge in [0.25, 0.3) is 0 Å². The van der Waals surface area contributed by atoms with Gasteiger partial charge in [0.2, 0.25) is 0 Å². The van der Waals surface area contributed by atoms with Crippen LogP contribution in [0.3, 0.4) is 0 Å². The van der Waals surface area contributed by atoms with Crippen LogP contribution in [-0.4, -0.2) is 14.8 Å². The van der Waals surface area contributed by atoms with Gasteiger partial charge in [-0.2, -0.15) is 10.4 Å². The van der Waals surface area contributed by atoms with Gasteiger partial charge in [0.15, 0.2) is 0 Å². The van der Waals surface area contributed by atoms with Crippen molar-refractivity contribution in [3.63, 3.8) is 0 Å². The number of hydrogen-bond donors (Lipinski definition) is 1. The molecule has 0 spiro atoms. The van der Waals surface area contributed by atoms with Crippen LogP contribution in [0.5, 0.6) is 0 Å². The second-order valence-electron chi connectivity index (χ2n) is 3.86. The molecule has 0 amide bonds. The van der Waals surface area contributed by atoms with Crippen molar-refractivity contribution in [2.24, 2.45) is 5.73 Å². The molecule has 0 saturated heterocycles. The molecule has 86 valence electrons.